The Balaban J connectivity index is 2.09. The molecule has 7 heteroatoms. The summed E-state index contributed by atoms with van der Waals surface area (Å²) in [5, 5.41) is 6.28. The van der Waals surface area contributed by atoms with Crippen molar-refractivity contribution in [2.75, 3.05) is 60.1 Å². The highest BCUT2D eigenvalue weighted by Gasteiger charge is 2.09. The van der Waals surface area contributed by atoms with Crippen LogP contribution < -0.4 is 10.6 Å². The van der Waals surface area contributed by atoms with Gasteiger partial charge in [-0.25, -0.2) is 0 Å². The zero-order valence-electron chi connectivity index (χ0n) is 11.8. The third kappa shape index (κ3) is 6.97. The molecule has 1 fully saturated rings. The van der Waals surface area contributed by atoms with Gasteiger partial charge < -0.3 is 20.1 Å². The van der Waals surface area contributed by atoms with Crippen LogP contribution in [0.5, 0.6) is 0 Å². The maximum absolute atomic E-state index is 11.0. The lowest BCUT2D eigenvalue weighted by atomic mass is 10.4. The van der Waals surface area contributed by atoms with Gasteiger partial charge in [0, 0.05) is 39.8 Å². The summed E-state index contributed by atoms with van der Waals surface area (Å²) >= 11 is 0. The lowest BCUT2D eigenvalue weighted by Gasteiger charge is -2.26. The summed E-state index contributed by atoms with van der Waals surface area (Å²) in [6.45, 7) is 5.88. The van der Waals surface area contributed by atoms with Crippen LogP contribution in [0.1, 0.15) is 6.42 Å². The molecule has 0 spiro atoms. The summed E-state index contributed by atoms with van der Waals surface area (Å²) in [5.74, 6) is 0.480. The quantitative estimate of drug-likeness (QED) is 0.369. The second kappa shape index (κ2) is 9.57. The highest BCUT2D eigenvalue weighted by atomic mass is 16.5. The average molecular weight is 272 g/mol. The van der Waals surface area contributed by atoms with Gasteiger partial charge in [0.05, 0.1) is 26.7 Å². The Morgan fingerprint density at radius 2 is 2.00 bits per heavy atom. The summed E-state index contributed by atoms with van der Waals surface area (Å²) in [7, 11) is 3.10. The first-order chi connectivity index (χ1) is 9.26. The van der Waals surface area contributed by atoms with Gasteiger partial charge in [0.1, 0.15) is 0 Å². The van der Waals surface area contributed by atoms with E-state index in [9.17, 15) is 4.79 Å². The Hall–Kier alpha value is -1.34. The van der Waals surface area contributed by atoms with Crippen LogP contribution >= 0.6 is 0 Å². The number of morpholine rings is 1. The van der Waals surface area contributed by atoms with Gasteiger partial charge in [0.15, 0.2) is 5.96 Å². The molecule has 0 saturated carbocycles. The standard InChI is InChI=1S/C12H24N4O3/c1-13-12(14-4-3-11(17)18-2)15-5-6-16-7-9-19-10-8-16/h3-10H2,1-2H3,(H2,13,14,15). The van der Waals surface area contributed by atoms with Gasteiger partial charge in [-0.1, -0.05) is 0 Å². The molecule has 1 saturated heterocycles. The molecule has 1 aliphatic rings. The highest BCUT2D eigenvalue weighted by Crippen LogP contribution is 1.94. The van der Waals surface area contributed by atoms with Crippen molar-refractivity contribution < 1.29 is 14.3 Å². The predicted octanol–water partition coefficient (Wildman–Crippen LogP) is -0.953. The lowest BCUT2D eigenvalue weighted by Crippen LogP contribution is -2.44. The molecule has 0 aromatic carbocycles. The van der Waals surface area contributed by atoms with Gasteiger partial charge in [-0.2, -0.15) is 0 Å². The number of methoxy groups -OCH3 is 1. The molecule has 0 aliphatic carbocycles. The first-order valence-electron chi connectivity index (χ1n) is 6.57. The predicted molar refractivity (Wildman–Crippen MR) is 73.3 cm³/mol. The normalized spacial score (nSPS) is 17.1. The van der Waals surface area contributed by atoms with E-state index in [0.717, 1.165) is 39.4 Å². The lowest BCUT2D eigenvalue weighted by molar-refractivity contribution is -0.140. The Morgan fingerprint density at radius 1 is 1.32 bits per heavy atom. The van der Waals surface area contributed by atoms with Crippen LogP contribution in [-0.2, 0) is 14.3 Å². The number of aliphatic imine (C=N–C) groups is 1. The topological polar surface area (TPSA) is 75.2 Å². The number of ether oxygens (including phenoxy) is 2. The molecule has 19 heavy (non-hydrogen) atoms. The van der Waals surface area contributed by atoms with E-state index >= 15 is 0 Å². The fourth-order valence-electron chi connectivity index (χ4n) is 1.76. The largest absolute Gasteiger partial charge is 0.469 e. The number of hydrogen-bond acceptors (Lipinski definition) is 5. The molecule has 0 amide bonds. The average Bonchev–Trinajstić information content (AvgIpc) is 2.46. The zero-order valence-corrected chi connectivity index (χ0v) is 11.8. The molecule has 0 bridgehead atoms. The molecule has 1 aliphatic heterocycles. The number of carbonyl (C=O) groups is 1. The van der Waals surface area contributed by atoms with E-state index in [4.69, 9.17) is 4.74 Å². The molecule has 1 rings (SSSR count). The minimum absolute atomic E-state index is 0.226. The SMILES string of the molecule is CN=C(NCCC(=O)OC)NCCN1CCOCC1. The molecule has 0 unspecified atom stereocenters. The van der Waals surface area contributed by atoms with Crippen LogP contribution in [-0.4, -0.2) is 76.9 Å². The minimum Gasteiger partial charge on any atom is -0.469 e. The van der Waals surface area contributed by atoms with Crippen molar-refractivity contribution in [1.82, 2.24) is 15.5 Å². The van der Waals surface area contributed by atoms with Crippen molar-refractivity contribution in [3.05, 3.63) is 0 Å². The smallest absolute Gasteiger partial charge is 0.307 e. The van der Waals surface area contributed by atoms with Gasteiger partial charge in [-0.05, 0) is 0 Å². The Kier molecular flexibility index (Phi) is 7.92. The summed E-state index contributed by atoms with van der Waals surface area (Å²) in [6.07, 6.45) is 0.334. The first-order valence-corrected chi connectivity index (χ1v) is 6.57. The van der Waals surface area contributed by atoms with E-state index in [2.05, 4.69) is 25.3 Å². The van der Waals surface area contributed by atoms with E-state index in [1.54, 1.807) is 7.05 Å². The second-order valence-electron chi connectivity index (χ2n) is 4.21. The van der Waals surface area contributed by atoms with Gasteiger partial charge in [-0.15, -0.1) is 0 Å². The number of rotatable bonds is 6. The van der Waals surface area contributed by atoms with Gasteiger partial charge in [0.2, 0.25) is 0 Å². The van der Waals surface area contributed by atoms with E-state index in [1.807, 2.05) is 0 Å². The van der Waals surface area contributed by atoms with Crippen LogP contribution in [0.3, 0.4) is 0 Å². The van der Waals surface area contributed by atoms with Crippen molar-refractivity contribution in [2.45, 2.75) is 6.42 Å². The van der Waals surface area contributed by atoms with Crippen LogP contribution in [0, 0.1) is 0 Å². The molecule has 0 atom stereocenters. The van der Waals surface area contributed by atoms with Crippen molar-refractivity contribution in [3.63, 3.8) is 0 Å². The molecule has 0 aromatic heterocycles. The third-order valence-corrected chi connectivity index (χ3v) is 2.90. The molecular formula is C12H24N4O3. The van der Waals surface area contributed by atoms with Crippen LogP contribution in [0.2, 0.25) is 0 Å². The highest BCUT2D eigenvalue weighted by molar-refractivity contribution is 5.80. The molecule has 0 radical (unpaired) electrons. The maximum Gasteiger partial charge on any atom is 0.307 e. The molecule has 2 N–H and O–H groups in total. The molecule has 7 nitrogen and oxygen atoms in total. The zero-order chi connectivity index (χ0) is 13.9. The number of carbonyl (C=O) groups excluding carboxylic acids is 1. The summed E-state index contributed by atoms with van der Waals surface area (Å²) in [5.41, 5.74) is 0. The maximum atomic E-state index is 11.0. The van der Waals surface area contributed by atoms with Gasteiger partial charge in [-0.3, -0.25) is 14.7 Å². The summed E-state index contributed by atoms with van der Waals surface area (Å²) in [6, 6.07) is 0. The fourth-order valence-corrected chi connectivity index (χ4v) is 1.76. The van der Waals surface area contributed by atoms with Crippen LogP contribution in [0.4, 0.5) is 0 Å². The van der Waals surface area contributed by atoms with E-state index in [0.29, 0.717) is 18.9 Å². The Morgan fingerprint density at radius 3 is 2.63 bits per heavy atom. The van der Waals surface area contributed by atoms with Gasteiger partial charge in [0.25, 0.3) is 0 Å². The summed E-state index contributed by atoms with van der Waals surface area (Å²) in [4.78, 5) is 17.4. The second-order valence-corrected chi connectivity index (χ2v) is 4.21. The molecule has 0 aromatic rings. The Labute approximate surface area is 114 Å². The number of nitrogens with one attached hydrogen (secondary N) is 2. The molecular weight excluding hydrogens is 248 g/mol. The van der Waals surface area contributed by atoms with E-state index in [1.165, 1.54) is 7.11 Å². The van der Waals surface area contributed by atoms with Crippen LogP contribution in [0.15, 0.2) is 4.99 Å². The van der Waals surface area contributed by atoms with E-state index in [-0.39, 0.29) is 5.97 Å². The monoisotopic (exact) mass is 272 g/mol. The van der Waals surface area contributed by atoms with E-state index < -0.39 is 0 Å². The number of nitrogens with zero attached hydrogens (tertiary/aromatic N) is 2. The first kappa shape index (κ1) is 15.7. The fraction of sp³-hybridized carbons (Fsp3) is 0.833. The third-order valence-electron chi connectivity index (χ3n) is 2.90. The number of hydrogen-bond donors (Lipinski definition) is 2. The minimum atomic E-state index is -0.226. The molecule has 1 heterocycles. The van der Waals surface area contributed by atoms with Crippen molar-refractivity contribution in [1.29, 1.82) is 0 Å². The molecule has 110 valence electrons. The number of guanidine groups is 1. The van der Waals surface area contributed by atoms with Gasteiger partial charge >= 0.3 is 5.97 Å². The number of esters is 1. The van der Waals surface area contributed by atoms with Crippen molar-refractivity contribution in [2.24, 2.45) is 4.99 Å². The Bertz CT molecular complexity index is 291. The summed E-state index contributed by atoms with van der Waals surface area (Å²) < 4.78 is 9.86. The van der Waals surface area contributed by atoms with Crippen molar-refractivity contribution >= 4 is 11.9 Å². The van der Waals surface area contributed by atoms with Crippen LogP contribution in [0.25, 0.3) is 0 Å². The van der Waals surface area contributed by atoms with Crippen molar-refractivity contribution in [3.8, 4) is 0 Å².